The second-order valence-electron chi connectivity index (χ2n) is 7.72. The molecule has 0 saturated carbocycles. The minimum absolute atomic E-state index is 0.0307. The van der Waals surface area contributed by atoms with Crippen LogP contribution in [0.25, 0.3) is 11.0 Å². The third-order valence-electron chi connectivity index (χ3n) is 5.33. The largest absolute Gasteiger partial charge is 0.455 e. The van der Waals surface area contributed by atoms with Crippen LogP contribution in [-0.4, -0.2) is 39.2 Å². The highest BCUT2D eigenvalue weighted by molar-refractivity contribution is 6.19. The van der Waals surface area contributed by atoms with Crippen LogP contribution in [-0.2, 0) is 9.53 Å². The Morgan fingerprint density at radius 2 is 1.65 bits per heavy atom. The molecule has 0 spiro atoms. The number of aromatic nitrogens is 2. The van der Waals surface area contributed by atoms with Crippen LogP contribution in [0, 0.1) is 5.82 Å². The molecule has 8 heteroatoms. The zero-order valence-corrected chi connectivity index (χ0v) is 18.2. The summed E-state index contributed by atoms with van der Waals surface area (Å²) in [4.78, 5) is 46.0. The summed E-state index contributed by atoms with van der Waals surface area (Å²) < 4.78 is 19.0. The van der Waals surface area contributed by atoms with Gasteiger partial charge in [-0.25, -0.2) is 9.37 Å². The molecule has 0 aliphatic heterocycles. The summed E-state index contributed by atoms with van der Waals surface area (Å²) >= 11 is 0. The molecule has 3 aromatic carbocycles. The second-order valence-corrected chi connectivity index (χ2v) is 7.72. The Morgan fingerprint density at radius 1 is 0.971 bits per heavy atom. The van der Waals surface area contributed by atoms with Crippen molar-refractivity contribution >= 4 is 28.6 Å². The van der Waals surface area contributed by atoms with E-state index in [1.165, 1.54) is 37.3 Å². The van der Waals surface area contributed by atoms with E-state index in [0.29, 0.717) is 16.6 Å². The van der Waals surface area contributed by atoms with Gasteiger partial charge < -0.3 is 14.8 Å². The molecular formula is C26H21FN2O5. The summed E-state index contributed by atoms with van der Waals surface area (Å²) in [6.45, 7) is 0.735. The van der Waals surface area contributed by atoms with E-state index < -0.39 is 42.0 Å². The zero-order valence-electron chi connectivity index (χ0n) is 18.2. The van der Waals surface area contributed by atoms with E-state index in [4.69, 9.17) is 4.74 Å². The number of fused-ring (bicyclic) bond motifs is 1. The molecule has 2 unspecified atom stereocenters. The number of halogens is 1. The molecule has 7 nitrogen and oxygen atoms in total. The fourth-order valence-electron chi connectivity index (χ4n) is 3.76. The van der Waals surface area contributed by atoms with Crippen molar-refractivity contribution in [3.8, 4) is 0 Å². The first kappa shape index (κ1) is 23.0. The number of ether oxygens (including phenoxy) is 1. The quantitative estimate of drug-likeness (QED) is 0.232. The summed E-state index contributed by atoms with van der Waals surface area (Å²) in [5.74, 6) is -3.62. The highest BCUT2D eigenvalue weighted by atomic mass is 19.1. The molecule has 2 N–H and O–H groups in total. The molecule has 4 aromatic rings. The number of imidazole rings is 1. The number of ketones is 2. The Kier molecular flexibility index (Phi) is 6.60. The molecule has 1 aromatic heterocycles. The van der Waals surface area contributed by atoms with Crippen LogP contribution >= 0.6 is 0 Å². The maximum absolute atomic E-state index is 13.8. The Labute approximate surface area is 194 Å². The summed E-state index contributed by atoms with van der Waals surface area (Å²) in [5, 5.41) is 9.62. The van der Waals surface area contributed by atoms with E-state index in [2.05, 4.69) is 9.97 Å². The van der Waals surface area contributed by atoms with Crippen molar-refractivity contribution < 1.29 is 28.6 Å². The lowest BCUT2D eigenvalue weighted by atomic mass is 9.88. The molecule has 34 heavy (non-hydrogen) atoms. The standard InChI is InChI=1S/C26H21FN2O5/c1-15(31)34-22(14-30)16-6-4-7-17(12-16)24(32)23(25(33)18-8-5-9-19(27)13-18)26-28-20-10-2-3-11-21(20)29-26/h2-13,22-23,30H,14H2,1H3,(H,28,29). The van der Waals surface area contributed by atoms with Gasteiger partial charge in [0.1, 0.15) is 23.7 Å². The fourth-order valence-corrected chi connectivity index (χ4v) is 3.76. The molecule has 4 rings (SSSR count). The van der Waals surface area contributed by atoms with Gasteiger partial charge in [0.2, 0.25) is 0 Å². The first-order chi connectivity index (χ1) is 16.4. The lowest BCUT2D eigenvalue weighted by molar-refractivity contribution is -0.148. The Hall–Kier alpha value is -4.17. The van der Waals surface area contributed by atoms with E-state index >= 15 is 0 Å². The Balaban J connectivity index is 1.79. The van der Waals surface area contributed by atoms with Gasteiger partial charge in [0.25, 0.3) is 0 Å². The van der Waals surface area contributed by atoms with Crippen molar-refractivity contribution in [3.63, 3.8) is 0 Å². The number of hydrogen-bond acceptors (Lipinski definition) is 6. The van der Waals surface area contributed by atoms with Crippen LogP contribution in [0.5, 0.6) is 0 Å². The van der Waals surface area contributed by atoms with Crippen LogP contribution in [0.1, 0.15) is 51.0 Å². The molecule has 172 valence electrons. The highest BCUT2D eigenvalue weighted by Crippen LogP contribution is 2.28. The number of nitrogens with one attached hydrogen (secondary N) is 1. The summed E-state index contributed by atoms with van der Waals surface area (Å²) in [5.41, 5.74) is 1.80. The van der Waals surface area contributed by atoms with Crippen molar-refractivity contribution in [2.45, 2.75) is 18.9 Å². The average Bonchev–Trinajstić information content (AvgIpc) is 3.26. The smallest absolute Gasteiger partial charge is 0.303 e. The van der Waals surface area contributed by atoms with Crippen LogP contribution in [0.3, 0.4) is 0 Å². The van der Waals surface area contributed by atoms with Gasteiger partial charge >= 0.3 is 5.97 Å². The van der Waals surface area contributed by atoms with E-state index in [-0.39, 0.29) is 17.0 Å². The molecule has 0 radical (unpaired) electrons. The van der Waals surface area contributed by atoms with Gasteiger partial charge in [-0.1, -0.05) is 42.5 Å². The van der Waals surface area contributed by atoms with Gasteiger partial charge in [-0.15, -0.1) is 0 Å². The normalized spacial score (nSPS) is 12.8. The second kappa shape index (κ2) is 9.76. The van der Waals surface area contributed by atoms with E-state index in [9.17, 15) is 23.9 Å². The molecule has 2 atom stereocenters. The van der Waals surface area contributed by atoms with E-state index in [1.807, 2.05) is 0 Å². The number of carbonyl (C=O) groups excluding carboxylic acids is 3. The van der Waals surface area contributed by atoms with Crippen molar-refractivity contribution in [1.82, 2.24) is 9.97 Å². The van der Waals surface area contributed by atoms with Crippen molar-refractivity contribution in [3.05, 3.63) is 101 Å². The molecule has 0 aliphatic rings. The monoisotopic (exact) mass is 460 g/mol. The van der Waals surface area contributed by atoms with Crippen LogP contribution < -0.4 is 0 Å². The molecule has 0 saturated heterocycles. The summed E-state index contributed by atoms with van der Waals surface area (Å²) in [6.07, 6.45) is -0.964. The number of aliphatic hydroxyl groups excluding tert-OH is 1. The van der Waals surface area contributed by atoms with Crippen LogP contribution in [0.15, 0.2) is 72.8 Å². The maximum Gasteiger partial charge on any atom is 0.303 e. The van der Waals surface area contributed by atoms with Gasteiger partial charge in [0.15, 0.2) is 11.6 Å². The molecule has 0 fully saturated rings. The van der Waals surface area contributed by atoms with E-state index in [0.717, 1.165) is 6.07 Å². The molecule has 0 amide bonds. The minimum Gasteiger partial charge on any atom is -0.455 e. The lowest BCUT2D eigenvalue weighted by Crippen LogP contribution is -2.24. The van der Waals surface area contributed by atoms with Gasteiger partial charge in [-0.3, -0.25) is 14.4 Å². The number of carbonyl (C=O) groups is 3. The maximum atomic E-state index is 13.8. The summed E-state index contributed by atoms with van der Waals surface area (Å²) in [6, 6.07) is 18.4. The molecule has 0 bridgehead atoms. The molecule has 0 aliphatic carbocycles. The van der Waals surface area contributed by atoms with Gasteiger partial charge in [-0.2, -0.15) is 0 Å². The number of rotatable bonds is 8. The summed E-state index contributed by atoms with van der Waals surface area (Å²) in [7, 11) is 0. The van der Waals surface area contributed by atoms with Crippen LogP contribution in [0.2, 0.25) is 0 Å². The lowest BCUT2D eigenvalue weighted by Gasteiger charge is -2.17. The number of benzene rings is 3. The number of aromatic amines is 1. The predicted molar refractivity (Wildman–Crippen MR) is 122 cm³/mol. The van der Waals surface area contributed by atoms with Gasteiger partial charge in [0, 0.05) is 18.1 Å². The SMILES string of the molecule is CC(=O)OC(CO)c1cccc(C(=O)C(C(=O)c2cccc(F)c2)c2nc3ccccc3[nH]2)c1. The molecular weight excluding hydrogens is 439 g/mol. The third kappa shape index (κ3) is 4.77. The van der Waals surface area contributed by atoms with E-state index in [1.54, 1.807) is 36.4 Å². The van der Waals surface area contributed by atoms with Crippen molar-refractivity contribution in [2.75, 3.05) is 6.61 Å². The topological polar surface area (TPSA) is 109 Å². The number of aliphatic hydroxyl groups is 1. The van der Waals surface area contributed by atoms with Crippen molar-refractivity contribution in [2.24, 2.45) is 0 Å². The Morgan fingerprint density at radius 3 is 2.29 bits per heavy atom. The predicted octanol–water partition coefficient (Wildman–Crippen LogP) is 4.15. The van der Waals surface area contributed by atoms with Gasteiger partial charge in [0.05, 0.1) is 17.6 Å². The highest BCUT2D eigenvalue weighted by Gasteiger charge is 2.33. The number of nitrogens with zero attached hydrogens (tertiary/aromatic N) is 1. The number of para-hydroxylation sites is 2. The zero-order chi connectivity index (χ0) is 24.2. The Bertz CT molecular complexity index is 1350. The van der Waals surface area contributed by atoms with Crippen LogP contribution in [0.4, 0.5) is 4.39 Å². The van der Waals surface area contributed by atoms with Crippen molar-refractivity contribution in [1.29, 1.82) is 0 Å². The first-order valence-electron chi connectivity index (χ1n) is 10.5. The number of hydrogen-bond donors (Lipinski definition) is 2. The van der Waals surface area contributed by atoms with Gasteiger partial charge in [-0.05, 0) is 35.9 Å². The number of H-pyrrole nitrogens is 1. The number of esters is 1. The average molecular weight is 460 g/mol. The minimum atomic E-state index is -1.37. The first-order valence-corrected chi connectivity index (χ1v) is 10.5. The number of Topliss-reactive ketones (excluding diaryl/α,β-unsaturated/α-hetero) is 2. The fraction of sp³-hybridized carbons (Fsp3) is 0.154. The third-order valence-corrected chi connectivity index (χ3v) is 5.33. The molecule has 1 heterocycles.